The van der Waals surface area contributed by atoms with E-state index in [0.717, 1.165) is 0 Å². The number of ether oxygens (including phenoxy) is 1. The molecule has 0 unspecified atom stereocenters. The van der Waals surface area contributed by atoms with Crippen LogP contribution in [-0.4, -0.2) is 18.0 Å². The molecule has 120 valence electrons. The predicted octanol–water partition coefficient (Wildman–Crippen LogP) is 2.68. The second kappa shape index (κ2) is 7.93. The summed E-state index contributed by atoms with van der Waals surface area (Å²) in [4.78, 5) is 23.4. The predicted molar refractivity (Wildman–Crippen MR) is 81.5 cm³/mol. The lowest BCUT2D eigenvalue weighted by Gasteiger charge is -2.11. The third-order valence-corrected chi connectivity index (χ3v) is 2.96. The monoisotopic (exact) mass is 317 g/mol. The SMILES string of the molecule is C[C@@H](OC(=O)/C=C/c1ccc(F)cc1)C(=O)NCc1ccco1. The van der Waals surface area contributed by atoms with Crippen LogP contribution in [0.25, 0.3) is 6.08 Å². The summed E-state index contributed by atoms with van der Waals surface area (Å²) in [6.45, 7) is 1.69. The molecule has 2 rings (SSSR count). The molecule has 0 spiro atoms. The second-order valence-electron chi connectivity index (χ2n) is 4.76. The van der Waals surface area contributed by atoms with E-state index in [1.807, 2.05) is 0 Å². The molecule has 1 amide bonds. The Hall–Kier alpha value is -2.89. The quantitative estimate of drug-likeness (QED) is 0.657. The fourth-order valence-corrected chi connectivity index (χ4v) is 1.74. The third kappa shape index (κ3) is 5.43. The van der Waals surface area contributed by atoms with Crippen LogP contribution in [0.15, 0.2) is 53.2 Å². The molecule has 0 radical (unpaired) electrons. The van der Waals surface area contributed by atoms with Crippen molar-refractivity contribution in [2.75, 3.05) is 0 Å². The first-order valence-electron chi connectivity index (χ1n) is 6.99. The summed E-state index contributed by atoms with van der Waals surface area (Å²) in [5.41, 5.74) is 0.651. The molecule has 2 aromatic rings. The standard InChI is InChI=1S/C17H16FNO4/c1-12(17(21)19-11-15-3-2-10-22-15)23-16(20)9-6-13-4-7-14(18)8-5-13/h2-10,12H,11H2,1H3,(H,19,21)/b9-6+/t12-/m1/s1. The first-order chi connectivity index (χ1) is 11.0. The molecule has 0 saturated carbocycles. The Bertz CT molecular complexity index is 677. The van der Waals surface area contributed by atoms with Gasteiger partial charge in [0.05, 0.1) is 12.8 Å². The van der Waals surface area contributed by atoms with Crippen molar-refractivity contribution >= 4 is 18.0 Å². The lowest BCUT2D eigenvalue weighted by Crippen LogP contribution is -2.35. The Morgan fingerprint density at radius 2 is 2.04 bits per heavy atom. The van der Waals surface area contributed by atoms with Gasteiger partial charge in [0, 0.05) is 6.08 Å². The molecule has 1 N–H and O–H groups in total. The van der Waals surface area contributed by atoms with Crippen LogP contribution < -0.4 is 5.32 Å². The lowest BCUT2D eigenvalue weighted by atomic mass is 10.2. The fourth-order valence-electron chi connectivity index (χ4n) is 1.74. The van der Waals surface area contributed by atoms with Crippen LogP contribution in [0.4, 0.5) is 4.39 Å². The minimum Gasteiger partial charge on any atom is -0.467 e. The number of carbonyl (C=O) groups excluding carboxylic acids is 2. The van der Waals surface area contributed by atoms with Crippen molar-refractivity contribution in [1.29, 1.82) is 0 Å². The van der Waals surface area contributed by atoms with Crippen LogP contribution in [0, 0.1) is 5.82 Å². The highest BCUT2D eigenvalue weighted by atomic mass is 19.1. The van der Waals surface area contributed by atoms with Gasteiger partial charge in [-0.15, -0.1) is 0 Å². The molecule has 5 nitrogen and oxygen atoms in total. The van der Waals surface area contributed by atoms with Crippen LogP contribution in [0.3, 0.4) is 0 Å². The first-order valence-corrected chi connectivity index (χ1v) is 6.99. The van der Waals surface area contributed by atoms with Gasteiger partial charge in [-0.2, -0.15) is 0 Å². The van der Waals surface area contributed by atoms with Crippen molar-refractivity contribution in [2.45, 2.75) is 19.6 Å². The van der Waals surface area contributed by atoms with E-state index >= 15 is 0 Å². The van der Waals surface area contributed by atoms with Gasteiger partial charge in [0.2, 0.25) is 0 Å². The largest absolute Gasteiger partial charge is 0.467 e. The average Bonchev–Trinajstić information content (AvgIpc) is 3.05. The van der Waals surface area contributed by atoms with Crippen molar-refractivity contribution in [1.82, 2.24) is 5.32 Å². The molecule has 0 aliphatic heterocycles. The summed E-state index contributed by atoms with van der Waals surface area (Å²) >= 11 is 0. The molecule has 0 bridgehead atoms. The van der Waals surface area contributed by atoms with E-state index < -0.39 is 18.0 Å². The molecular formula is C17H16FNO4. The number of rotatable bonds is 6. The van der Waals surface area contributed by atoms with Crippen molar-refractivity contribution in [3.8, 4) is 0 Å². The van der Waals surface area contributed by atoms with Gasteiger partial charge >= 0.3 is 5.97 Å². The van der Waals surface area contributed by atoms with E-state index in [2.05, 4.69) is 5.32 Å². The minimum atomic E-state index is -0.935. The molecule has 1 aromatic heterocycles. The Kier molecular flexibility index (Phi) is 5.68. The van der Waals surface area contributed by atoms with Gasteiger partial charge in [-0.3, -0.25) is 4.79 Å². The Morgan fingerprint density at radius 3 is 2.70 bits per heavy atom. The van der Waals surface area contributed by atoms with Crippen molar-refractivity contribution in [3.05, 3.63) is 65.9 Å². The molecule has 0 saturated heterocycles. The Balaban J connectivity index is 1.79. The van der Waals surface area contributed by atoms with E-state index in [9.17, 15) is 14.0 Å². The summed E-state index contributed by atoms with van der Waals surface area (Å²) in [6.07, 6.45) is 3.24. The number of carbonyl (C=O) groups is 2. The normalized spacial score (nSPS) is 12.1. The van der Waals surface area contributed by atoms with E-state index in [-0.39, 0.29) is 12.4 Å². The highest BCUT2D eigenvalue weighted by molar-refractivity contribution is 5.90. The van der Waals surface area contributed by atoms with Gasteiger partial charge in [-0.05, 0) is 42.8 Å². The van der Waals surface area contributed by atoms with Gasteiger partial charge in [-0.25, -0.2) is 9.18 Å². The number of nitrogens with one attached hydrogen (secondary N) is 1. The van der Waals surface area contributed by atoms with Crippen molar-refractivity contribution < 1.29 is 23.1 Å². The first kappa shape index (κ1) is 16.5. The van der Waals surface area contributed by atoms with Gasteiger partial charge in [0.1, 0.15) is 11.6 Å². The summed E-state index contributed by atoms with van der Waals surface area (Å²) < 4.78 is 22.8. The maximum atomic E-state index is 12.8. The van der Waals surface area contributed by atoms with Crippen LogP contribution in [0.1, 0.15) is 18.2 Å². The summed E-state index contributed by atoms with van der Waals surface area (Å²) in [6, 6.07) is 9.07. The van der Waals surface area contributed by atoms with Gasteiger partial charge in [0.25, 0.3) is 5.91 Å². The van der Waals surface area contributed by atoms with Gasteiger partial charge in [0.15, 0.2) is 6.10 Å². The Labute approximate surface area is 132 Å². The smallest absolute Gasteiger partial charge is 0.331 e. The second-order valence-corrected chi connectivity index (χ2v) is 4.76. The fraction of sp³-hybridized carbons (Fsp3) is 0.176. The number of amides is 1. The molecule has 1 heterocycles. The zero-order valence-electron chi connectivity index (χ0n) is 12.5. The number of benzene rings is 1. The maximum Gasteiger partial charge on any atom is 0.331 e. The number of halogens is 1. The van der Waals surface area contributed by atoms with E-state index in [1.54, 1.807) is 12.1 Å². The lowest BCUT2D eigenvalue weighted by molar-refractivity contribution is -0.150. The van der Waals surface area contributed by atoms with Gasteiger partial charge in [-0.1, -0.05) is 12.1 Å². The van der Waals surface area contributed by atoms with Crippen LogP contribution in [-0.2, 0) is 20.9 Å². The minimum absolute atomic E-state index is 0.221. The van der Waals surface area contributed by atoms with Crippen LogP contribution in [0.2, 0.25) is 0 Å². The number of esters is 1. The van der Waals surface area contributed by atoms with E-state index in [1.165, 1.54) is 49.6 Å². The molecule has 1 aromatic carbocycles. The van der Waals surface area contributed by atoms with Crippen molar-refractivity contribution in [2.24, 2.45) is 0 Å². The number of hydrogen-bond donors (Lipinski definition) is 1. The topological polar surface area (TPSA) is 68.5 Å². The zero-order valence-corrected chi connectivity index (χ0v) is 12.5. The van der Waals surface area contributed by atoms with Crippen LogP contribution >= 0.6 is 0 Å². The number of hydrogen-bond acceptors (Lipinski definition) is 4. The average molecular weight is 317 g/mol. The highest BCUT2D eigenvalue weighted by Gasteiger charge is 2.16. The summed E-state index contributed by atoms with van der Waals surface area (Å²) in [7, 11) is 0. The van der Waals surface area contributed by atoms with Gasteiger partial charge < -0.3 is 14.5 Å². The molecule has 1 atom stereocenters. The number of furan rings is 1. The molecule has 0 aliphatic rings. The van der Waals surface area contributed by atoms with E-state index in [0.29, 0.717) is 11.3 Å². The summed E-state index contributed by atoms with van der Waals surface area (Å²) in [5, 5.41) is 2.59. The molecular weight excluding hydrogens is 301 g/mol. The van der Waals surface area contributed by atoms with Crippen LogP contribution in [0.5, 0.6) is 0 Å². The molecule has 0 fully saturated rings. The zero-order chi connectivity index (χ0) is 16.7. The Morgan fingerprint density at radius 1 is 1.30 bits per heavy atom. The summed E-state index contributed by atoms with van der Waals surface area (Å²) in [5.74, 6) is -0.834. The third-order valence-electron chi connectivity index (χ3n) is 2.96. The molecule has 23 heavy (non-hydrogen) atoms. The highest BCUT2D eigenvalue weighted by Crippen LogP contribution is 2.05. The molecule has 0 aliphatic carbocycles. The van der Waals surface area contributed by atoms with E-state index in [4.69, 9.17) is 9.15 Å². The van der Waals surface area contributed by atoms with Crippen molar-refractivity contribution in [3.63, 3.8) is 0 Å². The molecule has 6 heteroatoms. The maximum absolute atomic E-state index is 12.8.